The van der Waals surface area contributed by atoms with Gasteiger partial charge in [0.15, 0.2) is 0 Å². The molecular formula is C20H22O4. The Bertz CT molecular complexity index is 714. The van der Waals surface area contributed by atoms with E-state index in [1.54, 1.807) is 56.3 Å². The van der Waals surface area contributed by atoms with Gasteiger partial charge in [0.25, 0.3) is 0 Å². The van der Waals surface area contributed by atoms with Gasteiger partial charge >= 0.3 is 5.97 Å². The monoisotopic (exact) mass is 326 g/mol. The van der Waals surface area contributed by atoms with Crippen LogP contribution >= 0.6 is 0 Å². The highest BCUT2D eigenvalue weighted by molar-refractivity contribution is 5.87. The van der Waals surface area contributed by atoms with Crippen molar-refractivity contribution in [3.63, 3.8) is 0 Å². The van der Waals surface area contributed by atoms with Crippen LogP contribution in [0.3, 0.4) is 0 Å². The van der Waals surface area contributed by atoms with Gasteiger partial charge in [-0.1, -0.05) is 37.3 Å². The fourth-order valence-electron chi connectivity index (χ4n) is 2.40. The Balaban J connectivity index is 2.35. The zero-order valence-electron chi connectivity index (χ0n) is 14.1. The molecule has 0 amide bonds. The summed E-state index contributed by atoms with van der Waals surface area (Å²) < 4.78 is 5.72. The first-order chi connectivity index (χ1) is 11.4. The Hall–Kier alpha value is -2.75. The minimum absolute atomic E-state index is 0.122. The third-order valence-corrected chi connectivity index (χ3v) is 4.08. The lowest BCUT2D eigenvalue weighted by Crippen LogP contribution is -2.17. The summed E-state index contributed by atoms with van der Waals surface area (Å²) in [5, 5.41) is 18.9. The predicted octanol–water partition coefficient (Wildman–Crippen LogP) is 4.45. The Kier molecular flexibility index (Phi) is 5.64. The van der Waals surface area contributed by atoms with Crippen molar-refractivity contribution in [2.75, 3.05) is 0 Å². The molecule has 0 saturated heterocycles. The van der Waals surface area contributed by atoms with E-state index >= 15 is 0 Å². The number of benzene rings is 2. The average molecular weight is 326 g/mol. The molecule has 2 unspecified atom stereocenters. The van der Waals surface area contributed by atoms with Crippen LogP contribution in [0.2, 0.25) is 0 Å². The maximum absolute atomic E-state index is 12.2. The van der Waals surface area contributed by atoms with Gasteiger partial charge in [0.1, 0.15) is 17.6 Å². The fraction of sp³-hybridized carbons (Fsp3) is 0.250. The van der Waals surface area contributed by atoms with Crippen molar-refractivity contribution in [3.8, 4) is 11.5 Å². The molecule has 0 aliphatic rings. The highest BCUT2D eigenvalue weighted by Crippen LogP contribution is 2.35. The molecule has 0 bridgehead atoms. The molecule has 126 valence electrons. The van der Waals surface area contributed by atoms with Crippen LogP contribution in [-0.2, 0) is 9.53 Å². The topological polar surface area (TPSA) is 66.8 Å². The summed E-state index contributed by atoms with van der Waals surface area (Å²) in [6, 6.07) is 13.5. The third-order valence-electron chi connectivity index (χ3n) is 4.08. The van der Waals surface area contributed by atoms with E-state index in [9.17, 15) is 15.0 Å². The predicted molar refractivity (Wildman–Crippen MR) is 92.9 cm³/mol. The minimum atomic E-state index is -0.502. The standard InChI is InChI=1S/C20H22O4/c1-4-13(2)20(23)24-19(16-7-11-18(22)12-8-16)14(3)15-5-9-17(21)10-6-15/h4-12,14,19,21-22H,1-3H3. The normalized spacial score (nSPS) is 14.0. The van der Waals surface area contributed by atoms with Gasteiger partial charge in [-0.25, -0.2) is 4.79 Å². The van der Waals surface area contributed by atoms with Gasteiger partial charge in [0.05, 0.1) is 0 Å². The summed E-state index contributed by atoms with van der Waals surface area (Å²) in [4.78, 5) is 12.2. The molecule has 0 saturated carbocycles. The second-order valence-electron chi connectivity index (χ2n) is 5.77. The van der Waals surface area contributed by atoms with Gasteiger partial charge in [-0.05, 0) is 49.2 Å². The number of phenols is 2. The van der Waals surface area contributed by atoms with E-state index in [0.29, 0.717) is 5.57 Å². The summed E-state index contributed by atoms with van der Waals surface area (Å²) in [7, 11) is 0. The van der Waals surface area contributed by atoms with Gasteiger partial charge in [-0.15, -0.1) is 0 Å². The van der Waals surface area contributed by atoms with Crippen molar-refractivity contribution in [1.82, 2.24) is 0 Å². The van der Waals surface area contributed by atoms with Gasteiger partial charge in [-0.2, -0.15) is 0 Å². The second-order valence-corrected chi connectivity index (χ2v) is 5.77. The van der Waals surface area contributed by atoms with Crippen LogP contribution in [0.4, 0.5) is 0 Å². The fourth-order valence-corrected chi connectivity index (χ4v) is 2.40. The number of ether oxygens (including phenoxy) is 1. The first-order valence-electron chi connectivity index (χ1n) is 7.84. The van der Waals surface area contributed by atoms with E-state index in [0.717, 1.165) is 11.1 Å². The smallest absolute Gasteiger partial charge is 0.334 e. The molecule has 2 N–H and O–H groups in total. The first kappa shape index (κ1) is 17.6. The second kappa shape index (κ2) is 7.68. The average Bonchev–Trinajstić information content (AvgIpc) is 2.59. The molecule has 4 heteroatoms. The molecule has 0 aliphatic carbocycles. The number of allylic oxidation sites excluding steroid dienone is 1. The number of carbonyl (C=O) groups excluding carboxylic acids is 1. The van der Waals surface area contributed by atoms with Crippen LogP contribution in [0.15, 0.2) is 60.2 Å². The van der Waals surface area contributed by atoms with Crippen molar-refractivity contribution in [3.05, 3.63) is 71.3 Å². The molecule has 0 heterocycles. The van der Waals surface area contributed by atoms with Crippen LogP contribution in [-0.4, -0.2) is 16.2 Å². The quantitative estimate of drug-likeness (QED) is 0.629. The molecule has 0 spiro atoms. The molecule has 2 rings (SSSR count). The van der Waals surface area contributed by atoms with Gasteiger partial charge in [0.2, 0.25) is 0 Å². The van der Waals surface area contributed by atoms with Gasteiger partial charge in [-0.3, -0.25) is 0 Å². The van der Waals surface area contributed by atoms with Gasteiger partial charge < -0.3 is 14.9 Å². The minimum Gasteiger partial charge on any atom is -0.508 e. The van der Waals surface area contributed by atoms with Crippen LogP contribution in [0.1, 0.15) is 43.9 Å². The molecule has 0 aromatic heterocycles. The molecule has 2 aromatic rings. The van der Waals surface area contributed by atoms with E-state index in [-0.39, 0.29) is 23.4 Å². The zero-order chi connectivity index (χ0) is 17.7. The Morgan fingerprint density at radius 2 is 1.42 bits per heavy atom. The summed E-state index contributed by atoms with van der Waals surface area (Å²) in [6.45, 7) is 5.46. The van der Waals surface area contributed by atoms with Crippen molar-refractivity contribution in [2.24, 2.45) is 0 Å². The Morgan fingerprint density at radius 1 is 0.958 bits per heavy atom. The Morgan fingerprint density at radius 3 is 1.88 bits per heavy atom. The molecule has 0 fully saturated rings. The maximum atomic E-state index is 12.2. The van der Waals surface area contributed by atoms with Gasteiger partial charge in [0, 0.05) is 11.5 Å². The SMILES string of the molecule is CC=C(C)C(=O)OC(c1ccc(O)cc1)C(C)c1ccc(O)cc1. The lowest BCUT2D eigenvalue weighted by molar-refractivity contribution is -0.145. The molecule has 0 aliphatic heterocycles. The van der Waals surface area contributed by atoms with E-state index in [1.807, 2.05) is 19.1 Å². The zero-order valence-corrected chi connectivity index (χ0v) is 14.1. The van der Waals surface area contributed by atoms with E-state index in [1.165, 1.54) is 0 Å². The number of aromatic hydroxyl groups is 2. The summed E-state index contributed by atoms with van der Waals surface area (Å²) >= 11 is 0. The molecule has 4 nitrogen and oxygen atoms in total. The highest BCUT2D eigenvalue weighted by Gasteiger charge is 2.25. The van der Waals surface area contributed by atoms with E-state index < -0.39 is 6.10 Å². The third kappa shape index (κ3) is 4.16. The largest absolute Gasteiger partial charge is 0.508 e. The van der Waals surface area contributed by atoms with Crippen molar-refractivity contribution in [2.45, 2.75) is 32.8 Å². The molecule has 2 atom stereocenters. The molecular weight excluding hydrogens is 304 g/mol. The maximum Gasteiger partial charge on any atom is 0.334 e. The molecule has 0 radical (unpaired) electrons. The molecule has 2 aromatic carbocycles. The van der Waals surface area contributed by atoms with E-state index in [2.05, 4.69) is 0 Å². The number of hydrogen-bond acceptors (Lipinski definition) is 4. The number of phenolic OH excluding ortho intramolecular Hbond substituents is 2. The number of esters is 1. The lowest BCUT2D eigenvalue weighted by atomic mass is 9.90. The van der Waals surface area contributed by atoms with Crippen LogP contribution in [0, 0.1) is 0 Å². The van der Waals surface area contributed by atoms with Crippen molar-refractivity contribution < 1.29 is 19.7 Å². The summed E-state index contributed by atoms with van der Waals surface area (Å²) in [6.07, 6.45) is 1.21. The van der Waals surface area contributed by atoms with Crippen molar-refractivity contribution in [1.29, 1.82) is 0 Å². The number of hydrogen-bond donors (Lipinski definition) is 2. The number of rotatable bonds is 5. The number of carbonyl (C=O) groups is 1. The van der Waals surface area contributed by atoms with E-state index in [4.69, 9.17) is 4.74 Å². The summed E-state index contributed by atoms with van der Waals surface area (Å²) in [5.41, 5.74) is 2.28. The van der Waals surface area contributed by atoms with Crippen LogP contribution in [0.25, 0.3) is 0 Å². The first-order valence-corrected chi connectivity index (χ1v) is 7.84. The van der Waals surface area contributed by atoms with Crippen molar-refractivity contribution >= 4 is 5.97 Å². The molecule has 24 heavy (non-hydrogen) atoms. The Labute approximate surface area is 142 Å². The lowest BCUT2D eigenvalue weighted by Gasteiger charge is -2.25. The van der Waals surface area contributed by atoms with Crippen LogP contribution < -0.4 is 0 Å². The van der Waals surface area contributed by atoms with Crippen LogP contribution in [0.5, 0.6) is 11.5 Å². The summed E-state index contributed by atoms with van der Waals surface area (Å²) in [5.74, 6) is -0.149. The highest BCUT2D eigenvalue weighted by atomic mass is 16.5.